The van der Waals surface area contributed by atoms with Gasteiger partial charge in [0, 0.05) is 19.3 Å². The van der Waals surface area contributed by atoms with E-state index in [1.165, 1.54) is 283 Å². The molecule has 0 fully saturated rings. The Morgan fingerprint density at radius 2 is 0.440 bits per heavy atom. The Morgan fingerprint density at radius 3 is 0.667 bits per heavy atom. The number of carbonyl (C=O) groups excluding carboxylic acids is 3. The number of rotatable bonds is 63. The molecule has 75 heavy (non-hydrogen) atoms. The third-order valence-electron chi connectivity index (χ3n) is 15.4. The van der Waals surface area contributed by atoms with E-state index in [2.05, 4.69) is 45.1 Å². The van der Waals surface area contributed by atoms with Gasteiger partial charge in [-0.15, -0.1) is 0 Å². The van der Waals surface area contributed by atoms with Gasteiger partial charge in [0.05, 0.1) is 0 Å². The van der Waals surface area contributed by atoms with Crippen LogP contribution < -0.4 is 0 Å². The summed E-state index contributed by atoms with van der Waals surface area (Å²) in [7, 11) is 0. The van der Waals surface area contributed by atoms with Gasteiger partial charge in [-0.3, -0.25) is 14.4 Å². The minimum absolute atomic E-state index is 0.0664. The predicted octanol–water partition coefficient (Wildman–Crippen LogP) is 23.0. The second-order valence-electron chi connectivity index (χ2n) is 23.1. The first kappa shape index (κ1) is 72.9. The summed E-state index contributed by atoms with van der Waals surface area (Å²) < 4.78 is 16.9. The lowest BCUT2D eigenvalue weighted by molar-refractivity contribution is -0.167. The van der Waals surface area contributed by atoms with E-state index in [0.717, 1.165) is 57.8 Å². The number of hydrogen-bond acceptors (Lipinski definition) is 6. The summed E-state index contributed by atoms with van der Waals surface area (Å²) in [5, 5.41) is 0. The second kappa shape index (κ2) is 64.4. The Bertz CT molecular complexity index is 1210. The van der Waals surface area contributed by atoms with Gasteiger partial charge in [-0.2, -0.15) is 0 Å². The van der Waals surface area contributed by atoms with Crippen molar-refractivity contribution in [3.05, 3.63) is 24.3 Å². The zero-order valence-electron chi connectivity index (χ0n) is 50.8. The summed E-state index contributed by atoms with van der Waals surface area (Å²) in [5.41, 5.74) is 0. The van der Waals surface area contributed by atoms with Gasteiger partial charge >= 0.3 is 17.9 Å². The fraction of sp³-hybridized carbons (Fsp3) is 0.899. The minimum atomic E-state index is -0.767. The van der Waals surface area contributed by atoms with Gasteiger partial charge in [0.1, 0.15) is 13.2 Å². The highest BCUT2D eigenvalue weighted by molar-refractivity contribution is 5.71. The second-order valence-corrected chi connectivity index (χ2v) is 23.1. The summed E-state index contributed by atoms with van der Waals surface area (Å²) in [6, 6.07) is 0. The Morgan fingerprint density at radius 1 is 0.253 bits per heavy atom. The molecule has 0 aromatic rings. The molecular weight excluding hydrogens is 925 g/mol. The summed E-state index contributed by atoms with van der Waals surface area (Å²) in [4.78, 5) is 38.1. The van der Waals surface area contributed by atoms with Crippen LogP contribution in [0.4, 0.5) is 0 Å². The maximum Gasteiger partial charge on any atom is 0.306 e. The number of carbonyl (C=O) groups is 3. The van der Waals surface area contributed by atoms with Crippen molar-refractivity contribution in [1.82, 2.24) is 0 Å². The summed E-state index contributed by atoms with van der Waals surface area (Å²) in [6.07, 6.45) is 78.0. The third kappa shape index (κ3) is 62.6. The van der Waals surface area contributed by atoms with Crippen LogP contribution in [0.25, 0.3) is 0 Å². The van der Waals surface area contributed by atoms with E-state index in [1.807, 2.05) is 0 Å². The largest absolute Gasteiger partial charge is 0.462 e. The normalized spacial score (nSPS) is 12.1. The molecule has 0 aromatic carbocycles. The van der Waals surface area contributed by atoms with Gasteiger partial charge in [0.25, 0.3) is 0 Å². The average molecular weight is 1060 g/mol. The molecule has 0 amide bonds. The first-order valence-corrected chi connectivity index (χ1v) is 33.8. The maximum atomic E-state index is 12.9. The van der Waals surface area contributed by atoms with Crippen molar-refractivity contribution in [3.63, 3.8) is 0 Å². The molecule has 0 radical (unpaired) electrons. The molecular formula is C69H130O6. The molecule has 0 aliphatic carbocycles. The van der Waals surface area contributed by atoms with Crippen molar-refractivity contribution in [3.8, 4) is 0 Å². The van der Waals surface area contributed by atoms with Crippen LogP contribution in [0.2, 0.25) is 0 Å². The van der Waals surface area contributed by atoms with Crippen LogP contribution in [0.15, 0.2) is 24.3 Å². The molecule has 0 aromatic heterocycles. The van der Waals surface area contributed by atoms with Crippen LogP contribution >= 0.6 is 0 Å². The molecule has 442 valence electrons. The Labute approximate surface area is 468 Å². The van der Waals surface area contributed by atoms with Crippen LogP contribution in [0, 0.1) is 0 Å². The van der Waals surface area contributed by atoms with Gasteiger partial charge in [-0.25, -0.2) is 0 Å². The number of esters is 3. The number of unbranched alkanes of at least 4 members (excludes halogenated alkanes) is 48. The lowest BCUT2D eigenvalue weighted by atomic mass is 10.0. The van der Waals surface area contributed by atoms with E-state index in [-0.39, 0.29) is 31.1 Å². The standard InChI is InChI=1S/C69H130O6/c1-4-7-10-13-16-18-20-22-24-26-28-30-32-33-34-35-37-38-40-42-44-46-48-50-53-56-59-62-68(71)74-65-66(64-73-67(70)61-58-55-52-15-12-9-6-3)75-69(72)63-60-57-54-51-49-47-45-43-41-39-36-31-29-27-25-23-21-19-17-14-11-8-5-2/h26-29,66H,4-25,30-65H2,1-3H3/b28-26-,29-27-. The van der Waals surface area contributed by atoms with E-state index in [4.69, 9.17) is 14.2 Å². The molecule has 0 spiro atoms. The van der Waals surface area contributed by atoms with Gasteiger partial charge in [0.2, 0.25) is 0 Å². The Balaban J connectivity index is 4.04. The van der Waals surface area contributed by atoms with Crippen LogP contribution in [0.1, 0.15) is 380 Å². The van der Waals surface area contributed by atoms with E-state index < -0.39 is 6.10 Å². The molecule has 1 atom stereocenters. The van der Waals surface area contributed by atoms with Crippen molar-refractivity contribution < 1.29 is 28.6 Å². The topological polar surface area (TPSA) is 78.9 Å². The van der Waals surface area contributed by atoms with Crippen LogP contribution in [-0.2, 0) is 28.6 Å². The summed E-state index contributed by atoms with van der Waals surface area (Å²) >= 11 is 0. The fourth-order valence-electron chi connectivity index (χ4n) is 10.3. The highest BCUT2D eigenvalue weighted by atomic mass is 16.6. The zero-order valence-corrected chi connectivity index (χ0v) is 50.8. The average Bonchev–Trinajstić information content (AvgIpc) is 3.41. The van der Waals surface area contributed by atoms with Crippen LogP contribution in [0.5, 0.6) is 0 Å². The lowest BCUT2D eigenvalue weighted by Crippen LogP contribution is -2.30. The van der Waals surface area contributed by atoms with E-state index in [1.54, 1.807) is 0 Å². The van der Waals surface area contributed by atoms with Gasteiger partial charge in [0.15, 0.2) is 6.10 Å². The van der Waals surface area contributed by atoms with Crippen molar-refractivity contribution in [1.29, 1.82) is 0 Å². The van der Waals surface area contributed by atoms with Crippen molar-refractivity contribution in [2.45, 2.75) is 386 Å². The SMILES string of the molecule is CCCCCCCCCC/C=C\CCCCCCCCCCCCCCCCCC(=O)OCC(COC(=O)CCCCCCCCC)OC(=O)CCCCCCCCCCCCC/C=C\CCCCCCCCCC. The lowest BCUT2D eigenvalue weighted by Gasteiger charge is -2.18. The van der Waals surface area contributed by atoms with Crippen molar-refractivity contribution >= 4 is 17.9 Å². The smallest absolute Gasteiger partial charge is 0.306 e. The molecule has 0 saturated heterocycles. The minimum Gasteiger partial charge on any atom is -0.462 e. The van der Waals surface area contributed by atoms with Crippen molar-refractivity contribution in [2.75, 3.05) is 13.2 Å². The third-order valence-corrected chi connectivity index (χ3v) is 15.4. The zero-order chi connectivity index (χ0) is 54.3. The van der Waals surface area contributed by atoms with Crippen LogP contribution in [-0.4, -0.2) is 37.2 Å². The number of allylic oxidation sites excluding steroid dienone is 4. The first-order valence-electron chi connectivity index (χ1n) is 33.8. The maximum absolute atomic E-state index is 12.9. The van der Waals surface area contributed by atoms with Gasteiger partial charge in [-0.05, 0) is 70.6 Å². The Kier molecular flexibility index (Phi) is 62.6. The molecule has 0 aliphatic heterocycles. The first-order chi connectivity index (χ1) is 37.0. The number of ether oxygens (including phenoxy) is 3. The Hall–Kier alpha value is -2.11. The van der Waals surface area contributed by atoms with E-state index >= 15 is 0 Å². The molecule has 1 unspecified atom stereocenters. The molecule has 0 rings (SSSR count). The molecule has 0 saturated carbocycles. The monoisotopic (exact) mass is 1050 g/mol. The molecule has 0 aliphatic rings. The highest BCUT2D eigenvalue weighted by Gasteiger charge is 2.19. The molecule has 0 heterocycles. The fourth-order valence-corrected chi connectivity index (χ4v) is 10.3. The predicted molar refractivity (Wildman–Crippen MR) is 326 cm³/mol. The van der Waals surface area contributed by atoms with Crippen LogP contribution in [0.3, 0.4) is 0 Å². The molecule has 6 nitrogen and oxygen atoms in total. The van der Waals surface area contributed by atoms with Gasteiger partial charge < -0.3 is 14.2 Å². The van der Waals surface area contributed by atoms with E-state index in [0.29, 0.717) is 19.3 Å². The summed E-state index contributed by atoms with van der Waals surface area (Å²) in [5.74, 6) is -0.849. The van der Waals surface area contributed by atoms with Crippen molar-refractivity contribution in [2.24, 2.45) is 0 Å². The number of hydrogen-bond donors (Lipinski definition) is 0. The highest BCUT2D eigenvalue weighted by Crippen LogP contribution is 2.18. The molecule has 0 N–H and O–H groups in total. The van der Waals surface area contributed by atoms with Gasteiger partial charge in [-0.1, -0.05) is 315 Å². The van der Waals surface area contributed by atoms with E-state index in [9.17, 15) is 14.4 Å². The molecule has 6 heteroatoms. The summed E-state index contributed by atoms with van der Waals surface area (Å²) in [6.45, 7) is 6.66. The quantitative estimate of drug-likeness (QED) is 0.0261. The molecule has 0 bridgehead atoms.